The SMILES string of the molecule is CCCNC(=O)c1cccc(NC(=O)c2nonc2N)c1. The van der Waals surface area contributed by atoms with Gasteiger partial charge in [0.25, 0.3) is 11.8 Å². The highest BCUT2D eigenvalue weighted by molar-refractivity contribution is 6.06. The minimum absolute atomic E-state index is 0.0932. The number of nitrogen functional groups attached to an aromatic ring is 1. The first-order valence-electron chi connectivity index (χ1n) is 6.39. The minimum Gasteiger partial charge on any atom is -0.379 e. The number of aromatic nitrogens is 2. The number of nitrogens with zero attached hydrogens (tertiary/aromatic N) is 2. The lowest BCUT2D eigenvalue weighted by Gasteiger charge is -2.07. The van der Waals surface area contributed by atoms with E-state index in [1.165, 1.54) is 0 Å². The van der Waals surface area contributed by atoms with Gasteiger partial charge in [-0.1, -0.05) is 13.0 Å². The molecule has 0 unspecified atom stereocenters. The summed E-state index contributed by atoms with van der Waals surface area (Å²) >= 11 is 0. The Balaban J connectivity index is 2.09. The van der Waals surface area contributed by atoms with Gasteiger partial charge < -0.3 is 16.4 Å². The van der Waals surface area contributed by atoms with Crippen LogP contribution in [0.1, 0.15) is 34.2 Å². The van der Waals surface area contributed by atoms with Crippen LogP contribution in [0.3, 0.4) is 0 Å². The zero-order chi connectivity index (χ0) is 15.2. The average molecular weight is 289 g/mol. The van der Waals surface area contributed by atoms with Crippen molar-refractivity contribution in [3.05, 3.63) is 35.5 Å². The molecule has 2 amide bonds. The number of amides is 2. The van der Waals surface area contributed by atoms with E-state index in [-0.39, 0.29) is 17.4 Å². The molecule has 1 aromatic carbocycles. The van der Waals surface area contributed by atoms with Gasteiger partial charge in [-0.3, -0.25) is 9.59 Å². The smallest absolute Gasteiger partial charge is 0.281 e. The summed E-state index contributed by atoms with van der Waals surface area (Å²) in [6.45, 7) is 2.56. The highest BCUT2D eigenvalue weighted by Crippen LogP contribution is 2.13. The number of rotatable bonds is 5. The summed E-state index contributed by atoms with van der Waals surface area (Å²) in [7, 11) is 0. The van der Waals surface area contributed by atoms with Crippen LogP contribution >= 0.6 is 0 Å². The quantitative estimate of drug-likeness (QED) is 0.755. The lowest BCUT2D eigenvalue weighted by molar-refractivity contribution is 0.0952. The third-order valence-electron chi connectivity index (χ3n) is 2.65. The summed E-state index contributed by atoms with van der Waals surface area (Å²) in [5.41, 5.74) is 6.24. The molecule has 0 aliphatic carbocycles. The second-order valence-electron chi connectivity index (χ2n) is 4.29. The minimum atomic E-state index is -0.556. The summed E-state index contributed by atoms with van der Waals surface area (Å²) in [6, 6.07) is 6.54. The van der Waals surface area contributed by atoms with Crippen LogP contribution in [-0.2, 0) is 0 Å². The molecule has 0 fully saturated rings. The van der Waals surface area contributed by atoms with Gasteiger partial charge in [0.05, 0.1) is 0 Å². The Hall–Kier alpha value is -2.90. The van der Waals surface area contributed by atoms with E-state index in [2.05, 4.69) is 25.6 Å². The number of carbonyl (C=O) groups is 2. The number of nitrogens with two attached hydrogens (primary N) is 1. The van der Waals surface area contributed by atoms with Crippen LogP contribution in [-0.4, -0.2) is 28.7 Å². The molecule has 0 spiro atoms. The molecule has 0 saturated heterocycles. The molecule has 4 N–H and O–H groups in total. The Morgan fingerprint density at radius 1 is 1.29 bits per heavy atom. The van der Waals surface area contributed by atoms with Gasteiger partial charge in [-0.05, 0) is 34.9 Å². The molecule has 0 aliphatic heterocycles. The fraction of sp³-hybridized carbons (Fsp3) is 0.231. The van der Waals surface area contributed by atoms with Gasteiger partial charge in [0.2, 0.25) is 11.5 Å². The zero-order valence-corrected chi connectivity index (χ0v) is 11.4. The standard InChI is InChI=1S/C13H15N5O3/c1-2-6-15-12(19)8-4-3-5-9(7-8)16-13(20)10-11(14)18-21-17-10/h3-5,7H,2,6H2,1H3,(H2,14,18)(H,15,19)(H,16,20). The van der Waals surface area contributed by atoms with E-state index in [0.29, 0.717) is 17.8 Å². The highest BCUT2D eigenvalue weighted by atomic mass is 16.6. The van der Waals surface area contributed by atoms with Crippen LogP contribution in [0.5, 0.6) is 0 Å². The molecule has 2 aromatic rings. The summed E-state index contributed by atoms with van der Waals surface area (Å²) in [5, 5.41) is 12.1. The monoisotopic (exact) mass is 289 g/mol. The fourth-order valence-corrected chi connectivity index (χ4v) is 1.62. The van der Waals surface area contributed by atoms with Crippen molar-refractivity contribution in [2.75, 3.05) is 17.6 Å². The average Bonchev–Trinajstić information content (AvgIpc) is 2.91. The number of carbonyl (C=O) groups excluding carboxylic acids is 2. The van der Waals surface area contributed by atoms with Crippen molar-refractivity contribution >= 4 is 23.3 Å². The van der Waals surface area contributed by atoms with Crippen molar-refractivity contribution in [2.24, 2.45) is 0 Å². The molecule has 0 aliphatic rings. The molecular formula is C13H15N5O3. The normalized spacial score (nSPS) is 10.1. The van der Waals surface area contributed by atoms with Gasteiger partial charge in [0.15, 0.2) is 0 Å². The zero-order valence-electron chi connectivity index (χ0n) is 11.4. The molecule has 0 saturated carbocycles. The number of benzene rings is 1. The molecule has 1 aromatic heterocycles. The Morgan fingerprint density at radius 3 is 2.76 bits per heavy atom. The van der Waals surface area contributed by atoms with Crippen LogP contribution in [0.2, 0.25) is 0 Å². The van der Waals surface area contributed by atoms with Crippen LogP contribution in [0, 0.1) is 0 Å². The summed E-state index contributed by atoms with van der Waals surface area (Å²) < 4.78 is 4.36. The molecule has 8 heteroatoms. The molecule has 8 nitrogen and oxygen atoms in total. The van der Waals surface area contributed by atoms with Crippen LogP contribution in [0.25, 0.3) is 0 Å². The molecule has 0 atom stereocenters. The number of anilines is 2. The Labute approximate surface area is 120 Å². The first-order valence-corrected chi connectivity index (χ1v) is 6.39. The lowest BCUT2D eigenvalue weighted by Crippen LogP contribution is -2.24. The predicted molar refractivity (Wildman–Crippen MR) is 75.7 cm³/mol. The first kappa shape index (κ1) is 14.5. The Morgan fingerprint density at radius 2 is 2.10 bits per heavy atom. The number of hydrogen-bond donors (Lipinski definition) is 3. The van der Waals surface area contributed by atoms with Gasteiger partial charge in [-0.2, -0.15) is 0 Å². The van der Waals surface area contributed by atoms with Crippen LogP contribution < -0.4 is 16.4 Å². The Kier molecular flexibility index (Phi) is 4.50. The topological polar surface area (TPSA) is 123 Å². The van der Waals surface area contributed by atoms with Crippen molar-refractivity contribution in [3.63, 3.8) is 0 Å². The molecule has 0 radical (unpaired) electrons. The third-order valence-corrected chi connectivity index (χ3v) is 2.65. The largest absolute Gasteiger partial charge is 0.379 e. The van der Waals surface area contributed by atoms with Crippen molar-refractivity contribution in [2.45, 2.75) is 13.3 Å². The summed E-state index contributed by atoms with van der Waals surface area (Å²) in [5.74, 6) is -0.847. The molecule has 110 valence electrons. The lowest BCUT2D eigenvalue weighted by atomic mass is 10.2. The summed E-state index contributed by atoms with van der Waals surface area (Å²) in [4.78, 5) is 23.7. The van der Waals surface area contributed by atoms with E-state index in [4.69, 9.17) is 5.73 Å². The molecule has 21 heavy (non-hydrogen) atoms. The molecule has 2 rings (SSSR count). The number of nitrogens with one attached hydrogen (secondary N) is 2. The maximum absolute atomic E-state index is 11.9. The maximum atomic E-state index is 11.9. The Bertz CT molecular complexity index is 653. The number of hydrogen-bond acceptors (Lipinski definition) is 6. The van der Waals surface area contributed by atoms with E-state index in [1.807, 2.05) is 6.92 Å². The molecular weight excluding hydrogens is 274 g/mol. The van der Waals surface area contributed by atoms with Crippen molar-refractivity contribution in [3.8, 4) is 0 Å². The molecule has 1 heterocycles. The second kappa shape index (κ2) is 6.51. The van der Waals surface area contributed by atoms with Crippen molar-refractivity contribution < 1.29 is 14.2 Å². The van der Waals surface area contributed by atoms with Gasteiger partial charge in [-0.25, -0.2) is 4.63 Å². The van der Waals surface area contributed by atoms with Gasteiger partial charge in [-0.15, -0.1) is 0 Å². The van der Waals surface area contributed by atoms with Crippen LogP contribution in [0.4, 0.5) is 11.5 Å². The van der Waals surface area contributed by atoms with Crippen molar-refractivity contribution in [1.82, 2.24) is 15.6 Å². The highest BCUT2D eigenvalue weighted by Gasteiger charge is 2.16. The van der Waals surface area contributed by atoms with Gasteiger partial charge in [0.1, 0.15) is 0 Å². The van der Waals surface area contributed by atoms with E-state index in [1.54, 1.807) is 24.3 Å². The van der Waals surface area contributed by atoms with Gasteiger partial charge >= 0.3 is 0 Å². The predicted octanol–water partition coefficient (Wildman–Crippen LogP) is 1.04. The second-order valence-corrected chi connectivity index (χ2v) is 4.29. The van der Waals surface area contributed by atoms with E-state index in [9.17, 15) is 9.59 Å². The van der Waals surface area contributed by atoms with E-state index in [0.717, 1.165) is 6.42 Å². The van der Waals surface area contributed by atoms with Crippen LogP contribution in [0.15, 0.2) is 28.9 Å². The first-order chi connectivity index (χ1) is 10.1. The van der Waals surface area contributed by atoms with E-state index < -0.39 is 5.91 Å². The van der Waals surface area contributed by atoms with E-state index >= 15 is 0 Å². The summed E-state index contributed by atoms with van der Waals surface area (Å²) in [6.07, 6.45) is 0.848. The molecule has 0 bridgehead atoms. The third kappa shape index (κ3) is 3.56. The van der Waals surface area contributed by atoms with Gasteiger partial charge in [0, 0.05) is 17.8 Å². The van der Waals surface area contributed by atoms with Crippen molar-refractivity contribution in [1.29, 1.82) is 0 Å². The fourth-order valence-electron chi connectivity index (χ4n) is 1.62. The maximum Gasteiger partial charge on any atom is 0.281 e.